The molecule has 100 valence electrons. The smallest absolute Gasteiger partial charge is 0.211 e. The van der Waals surface area contributed by atoms with Crippen LogP contribution in [0.3, 0.4) is 0 Å². The Morgan fingerprint density at radius 3 is 1.84 bits per heavy atom. The number of hydrogen-bond donors (Lipinski definition) is 0. The highest BCUT2D eigenvalue weighted by molar-refractivity contribution is 5.53. The van der Waals surface area contributed by atoms with Crippen molar-refractivity contribution in [2.75, 3.05) is 13.2 Å². The van der Waals surface area contributed by atoms with Crippen LogP contribution in [0.2, 0.25) is 0 Å². The SMILES string of the molecule is CCOc1cccc(OCC)c1Oc1ccccc1. The van der Waals surface area contributed by atoms with Crippen molar-refractivity contribution in [2.24, 2.45) is 0 Å². The van der Waals surface area contributed by atoms with Gasteiger partial charge in [0.1, 0.15) is 5.75 Å². The van der Waals surface area contributed by atoms with E-state index in [4.69, 9.17) is 14.2 Å². The molecule has 2 aromatic rings. The summed E-state index contributed by atoms with van der Waals surface area (Å²) in [5.74, 6) is 2.77. The van der Waals surface area contributed by atoms with Crippen molar-refractivity contribution in [1.29, 1.82) is 0 Å². The van der Waals surface area contributed by atoms with Gasteiger partial charge in [-0.25, -0.2) is 0 Å². The van der Waals surface area contributed by atoms with Gasteiger partial charge in [-0.3, -0.25) is 0 Å². The summed E-state index contributed by atoms with van der Waals surface area (Å²) in [4.78, 5) is 0. The molecule has 0 radical (unpaired) electrons. The number of benzene rings is 2. The van der Waals surface area contributed by atoms with Crippen LogP contribution in [0.25, 0.3) is 0 Å². The Hall–Kier alpha value is -2.16. The van der Waals surface area contributed by atoms with Gasteiger partial charge in [0.15, 0.2) is 11.5 Å². The Bertz CT molecular complexity index is 484. The topological polar surface area (TPSA) is 27.7 Å². The number of rotatable bonds is 6. The maximum atomic E-state index is 5.90. The van der Waals surface area contributed by atoms with E-state index >= 15 is 0 Å². The molecule has 0 heterocycles. The van der Waals surface area contributed by atoms with E-state index in [1.165, 1.54) is 0 Å². The summed E-state index contributed by atoms with van der Waals surface area (Å²) in [6.45, 7) is 5.06. The van der Waals surface area contributed by atoms with Gasteiger partial charge in [-0.2, -0.15) is 0 Å². The molecule has 0 saturated carbocycles. The van der Waals surface area contributed by atoms with Crippen LogP contribution in [-0.2, 0) is 0 Å². The average molecular weight is 258 g/mol. The highest BCUT2D eigenvalue weighted by Gasteiger charge is 2.13. The van der Waals surface area contributed by atoms with E-state index < -0.39 is 0 Å². The van der Waals surface area contributed by atoms with E-state index in [-0.39, 0.29) is 0 Å². The van der Waals surface area contributed by atoms with Crippen molar-refractivity contribution in [1.82, 2.24) is 0 Å². The molecule has 0 spiro atoms. The van der Waals surface area contributed by atoms with Crippen molar-refractivity contribution in [3.05, 3.63) is 48.5 Å². The molecule has 0 fully saturated rings. The molecular formula is C16H18O3. The summed E-state index contributed by atoms with van der Waals surface area (Å²) in [6, 6.07) is 15.3. The van der Waals surface area contributed by atoms with E-state index in [2.05, 4.69) is 0 Å². The lowest BCUT2D eigenvalue weighted by atomic mass is 10.3. The minimum absolute atomic E-state index is 0.584. The van der Waals surface area contributed by atoms with Gasteiger partial charge in [0, 0.05) is 0 Å². The number of ether oxygens (including phenoxy) is 3. The second-order valence-corrected chi connectivity index (χ2v) is 3.86. The summed E-state index contributed by atoms with van der Waals surface area (Å²) < 4.78 is 17.1. The third-order valence-corrected chi connectivity index (χ3v) is 2.51. The Kier molecular flexibility index (Phi) is 4.67. The minimum Gasteiger partial charge on any atom is -0.490 e. The predicted molar refractivity (Wildman–Crippen MR) is 75.3 cm³/mol. The van der Waals surface area contributed by atoms with Gasteiger partial charge >= 0.3 is 0 Å². The monoisotopic (exact) mass is 258 g/mol. The van der Waals surface area contributed by atoms with Crippen molar-refractivity contribution in [3.8, 4) is 23.0 Å². The Morgan fingerprint density at radius 1 is 0.737 bits per heavy atom. The first-order chi connectivity index (χ1) is 9.35. The van der Waals surface area contributed by atoms with Crippen LogP contribution in [0.5, 0.6) is 23.0 Å². The van der Waals surface area contributed by atoms with Crippen molar-refractivity contribution in [2.45, 2.75) is 13.8 Å². The predicted octanol–water partition coefficient (Wildman–Crippen LogP) is 4.28. The normalized spacial score (nSPS) is 10.0. The van der Waals surface area contributed by atoms with Gasteiger partial charge in [0.25, 0.3) is 0 Å². The van der Waals surface area contributed by atoms with Gasteiger partial charge in [-0.15, -0.1) is 0 Å². The lowest BCUT2D eigenvalue weighted by Gasteiger charge is -2.15. The summed E-state index contributed by atoms with van der Waals surface area (Å²) in [5.41, 5.74) is 0. The van der Waals surface area contributed by atoms with E-state index in [0.29, 0.717) is 30.5 Å². The molecule has 0 unspecified atom stereocenters. The molecule has 3 heteroatoms. The maximum Gasteiger partial charge on any atom is 0.211 e. The second-order valence-electron chi connectivity index (χ2n) is 3.86. The van der Waals surface area contributed by atoms with Gasteiger partial charge in [-0.1, -0.05) is 24.3 Å². The first-order valence-electron chi connectivity index (χ1n) is 6.46. The van der Waals surface area contributed by atoms with Crippen LogP contribution in [0.4, 0.5) is 0 Å². The molecule has 3 nitrogen and oxygen atoms in total. The molecule has 2 rings (SSSR count). The molecule has 0 atom stereocenters. The lowest BCUT2D eigenvalue weighted by Crippen LogP contribution is -1.99. The van der Waals surface area contributed by atoms with Gasteiger partial charge in [-0.05, 0) is 38.1 Å². The highest BCUT2D eigenvalue weighted by atomic mass is 16.5. The third-order valence-electron chi connectivity index (χ3n) is 2.51. The molecule has 0 aliphatic carbocycles. The first kappa shape index (κ1) is 13.3. The first-order valence-corrected chi connectivity index (χ1v) is 6.46. The fraction of sp³-hybridized carbons (Fsp3) is 0.250. The Labute approximate surface area is 113 Å². The fourth-order valence-corrected chi connectivity index (χ4v) is 1.74. The van der Waals surface area contributed by atoms with Crippen LogP contribution in [-0.4, -0.2) is 13.2 Å². The zero-order valence-corrected chi connectivity index (χ0v) is 11.3. The number of hydrogen-bond acceptors (Lipinski definition) is 3. The average Bonchev–Trinajstić information content (AvgIpc) is 2.44. The second kappa shape index (κ2) is 6.69. The quantitative estimate of drug-likeness (QED) is 0.774. The Morgan fingerprint density at radius 2 is 1.32 bits per heavy atom. The molecular weight excluding hydrogens is 240 g/mol. The molecule has 0 aromatic heterocycles. The Balaban J connectivity index is 2.34. The van der Waals surface area contributed by atoms with Crippen LogP contribution < -0.4 is 14.2 Å². The van der Waals surface area contributed by atoms with Crippen molar-refractivity contribution >= 4 is 0 Å². The van der Waals surface area contributed by atoms with Gasteiger partial charge in [0.05, 0.1) is 13.2 Å². The molecule has 0 aliphatic heterocycles. The van der Waals surface area contributed by atoms with Gasteiger partial charge < -0.3 is 14.2 Å². The highest BCUT2D eigenvalue weighted by Crippen LogP contribution is 2.40. The lowest BCUT2D eigenvalue weighted by molar-refractivity contribution is 0.294. The van der Waals surface area contributed by atoms with E-state index in [9.17, 15) is 0 Å². The molecule has 0 saturated heterocycles. The molecule has 2 aromatic carbocycles. The minimum atomic E-state index is 0.584. The summed E-state index contributed by atoms with van der Waals surface area (Å²) in [7, 11) is 0. The van der Waals surface area contributed by atoms with Crippen LogP contribution >= 0.6 is 0 Å². The molecule has 19 heavy (non-hydrogen) atoms. The number of para-hydroxylation sites is 2. The van der Waals surface area contributed by atoms with E-state index in [0.717, 1.165) is 5.75 Å². The summed E-state index contributed by atoms with van der Waals surface area (Å²) >= 11 is 0. The van der Waals surface area contributed by atoms with Crippen LogP contribution in [0, 0.1) is 0 Å². The van der Waals surface area contributed by atoms with E-state index in [1.807, 2.05) is 62.4 Å². The maximum absolute atomic E-state index is 5.90. The zero-order valence-electron chi connectivity index (χ0n) is 11.3. The van der Waals surface area contributed by atoms with Crippen molar-refractivity contribution in [3.63, 3.8) is 0 Å². The fourth-order valence-electron chi connectivity index (χ4n) is 1.74. The van der Waals surface area contributed by atoms with Gasteiger partial charge in [0.2, 0.25) is 5.75 Å². The third kappa shape index (κ3) is 3.41. The molecule has 0 aliphatic rings. The van der Waals surface area contributed by atoms with E-state index in [1.54, 1.807) is 0 Å². The molecule has 0 bridgehead atoms. The van der Waals surface area contributed by atoms with Crippen LogP contribution in [0.1, 0.15) is 13.8 Å². The largest absolute Gasteiger partial charge is 0.490 e. The molecule has 0 amide bonds. The zero-order chi connectivity index (χ0) is 13.5. The van der Waals surface area contributed by atoms with Crippen molar-refractivity contribution < 1.29 is 14.2 Å². The summed E-state index contributed by atoms with van der Waals surface area (Å²) in [6.07, 6.45) is 0. The standard InChI is InChI=1S/C16H18O3/c1-3-17-14-11-8-12-15(18-4-2)16(14)19-13-9-6-5-7-10-13/h5-12H,3-4H2,1-2H3. The summed E-state index contributed by atoms with van der Waals surface area (Å²) in [5, 5.41) is 0. The van der Waals surface area contributed by atoms with Crippen LogP contribution in [0.15, 0.2) is 48.5 Å². The molecule has 0 N–H and O–H groups in total.